The fourth-order valence-electron chi connectivity index (χ4n) is 4.01. The highest BCUT2D eigenvalue weighted by Crippen LogP contribution is 2.29. The Kier molecular flexibility index (Phi) is 10.7. The van der Waals surface area contributed by atoms with Crippen molar-refractivity contribution >= 4 is 62.3 Å². The molecule has 3 aromatic carbocycles. The summed E-state index contributed by atoms with van der Waals surface area (Å²) in [6.07, 6.45) is 0.277. The quantitative estimate of drug-likeness (QED) is 0.281. The first-order valence-corrected chi connectivity index (χ1v) is 14.9. The number of halogens is 3. The van der Waals surface area contributed by atoms with Crippen molar-refractivity contribution in [3.05, 3.63) is 93.4 Å². The van der Waals surface area contributed by atoms with Gasteiger partial charge in [0.05, 0.1) is 10.6 Å². The van der Waals surface area contributed by atoms with Crippen LogP contribution in [-0.2, 0) is 26.2 Å². The zero-order chi connectivity index (χ0) is 28.7. The number of hydrogen-bond acceptors (Lipinski definition) is 4. The minimum Gasteiger partial charge on any atom is -0.352 e. The maximum atomic E-state index is 14.0. The molecule has 3 aromatic rings. The highest BCUT2D eigenvalue weighted by atomic mass is 35.5. The third-order valence-electron chi connectivity index (χ3n) is 5.93. The molecule has 1 atom stereocenters. The van der Waals surface area contributed by atoms with Gasteiger partial charge < -0.3 is 10.2 Å². The lowest BCUT2D eigenvalue weighted by Gasteiger charge is -2.34. The van der Waals surface area contributed by atoms with Crippen LogP contribution < -0.4 is 9.62 Å². The Morgan fingerprint density at radius 1 is 0.872 bits per heavy atom. The van der Waals surface area contributed by atoms with Crippen LogP contribution in [0.15, 0.2) is 77.7 Å². The Bertz CT molecular complexity index is 1380. The molecule has 0 aliphatic carbocycles. The third kappa shape index (κ3) is 7.66. The molecule has 0 aliphatic rings. The largest absolute Gasteiger partial charge is 0.352 e. The van der Waals surface area contributed by atoms with Crippen molar-refractivity contribution < 1.29 is 18.0 Å². The smallest absolute Gasteiger partial charge is 0.264 e. The summed E-state index contributed by atoms with van der Waals surface area (Å²) in [7, 11) is -4.17. The van der Waals surface area contributed by atoms with Crippen LogP contribution in [0.2, 0.25) is 15.1 Å². The molecule has 1 N–H and O–H groups in total. The van der Waals surface area contributed by atoms with Gasteiger partial charge in [-0.25, -0.2) is 8.42 Å². The van der Waals surface area contributed by atoms with E-state index in [1.807, 2.05) is 13.8 Å². The molecule has 0 spiro atoms. The number of nitrogens with one attached hydrogen (secondary N) is 1. The molecule has 7 nitrogen and oxygen atoms in total. The van der Waals surface area contributed by atoms with Gasteiger partial charge in [-0.2, -0.15) is 0 Å². The van der Waals surface area contributed by atoms with Crippen molar-refractivity contribution in [2.45, 2.75) is 50.7 Å². The number of benzene rings is 3. The molecule has 0 aliphatic heterocycles. The minimum atomic E-state index is -4.17. The van der Waals surface area contributed by atoms with Gasteiger partial charge in [0.25, 0.3) is 10.0 Å². The number of rotatable bonds is 11. The van der Waals surface area contributed by atoms with Crippen molar-refractivity contribution in [3.8, 4) is 0 Å². The molecule has 0 fully saturated rings. The summed E-state index contributed by atoms with van der Waals surface area (Å²) in [6.45, 7) is 4.73. The van der Waals surface area contributed by atoms with Gasteiger partial charge in [-0.1, -0.05) is 66.0 Å². The number of amides is 2. The lowest BCUT2D eigenvalue weighted by atomic mass is 10.1. The highest BCUT2D eigenvalue weighted by molar-refractivity contribution is 7.92. The molecule has 0 heterocycles. The van der Waals surface area contributed by atoms with Gasteiger partial charge in [0.2, 0.25) is 11.8 Å². The predicted octanol–water partition coefficient (Wildman–Crippen LogP) is 6.17. The molecule has 0 unspecified atom stereocenters. The van der Waals surface area contributed by atoms with E-state index in [2.05, 4.69) is 5.32 Å². The van der Waals surface area contributed by atoms with Gasteiger partial charge in [0, 0.05) is 33.2 Å². The van der Waals surface area contributed by atoms with Gasteiger partial charge in [-0.05, 0) is 68.8 Å². The SMILES string of the molecule is CC[C@H](C(=O)NC(C)C)N(Cc1c(Cl)cccc1Cl)C(=O)CN(c1ccc(Cl)cc1)S(=O)(=O)c1ccccc1. The van der Waals surface area contributed by atoms with E-state index in [4.69, 9.17) is 34.8 Å². The van der Waals surface area contributed by atoms with E-state index in [-0.39, 0.29) is 35.5 Å². The summed E-state index contributed by atoms with van der Waals surface area (Å²) in [5, 5.41) is 3.91. The average Bonchev–Trinajstić information content (AvgIpc) is 2.89. The molecule has 208 valence electrons. The van der Waals surface area contributed by atoms with E-state index >= 15 is 0 Å². The highest BCUT2D eigenvalue weighted by Gasteiger charge is 2.34. The van der Waals surface area contributed by atoms with Crippen LogP contribution in [0.25, 0.3) is 0 Å². The van der Waals surface area contributed by atoms with Crippen molar-refractivity contribution in [2.75, 3.05) is 10.8 Å². The van der Waals surface area contributed by atoms with Gasteiger partial charge in [-0.15, -0.1) is 0 Å². The van der Waals surface area contributed by atoms with Crippen LogP contribution in [0.5, 0.6) is 0 Å². The lowest BCUT2D eigenvalue weighted by molar-refractivity contribution is -0.140. The van der Waals surface area contributed by atoms with Crippen LogP contribution in [0.4, 0.5) is 5.69 Å². The first-order chi connectivity index (χ1) is 18.4. The molecule has 3 rings (SSSR count). The predicted molar refractivity (Wildman–Crippen MR) is 157 cm³/mol. The molecule has 0 saturated carbocycles. The molecule has 0 aromatic heterocycles. The zero-order valence-corrected chi connectivity index (χ0v) is 24.9. The van der Waals surface area contributed by atoms with Crippen LogP contribution in [0, 0.1) is 0 Å². The monoisotopic (exact) mass is 609 g/mol. The number of hydrogen-bond donors (Lipinski definition) is 1. The van der Waals surface area contributed by atoms with Crippen LogP contribution in [-0.4, -0.2) is 43.8 Å². The summed E-state index contributed by atoms with van der Waals surface area (Å²) in [5.41, 5.74) is 0.695. The van der Waals surface area contributed by atoms with Crippen LogP contribution in [0.3, 0.4) is 0 Å². The Morgan fingerprint density at radius 2 is 1.46 bits per heavy atom. The van der Waals surface area contributed by atoms with Gasteiger partial charge >= 0.3 is 0 Å². The van der Waals surface area contributed by atoms with Crippen LogP contribution in [0.1, 0.15) is 32.8 Å². The fraction of sp³-hybridized carbons (Fsp3) is 0.286. The van der Waals surface area contributed by atoms with E-state index < -0.39 is 28.5 Å². The van der Waals surface area contributed by atoms with Crippen molar-refractivity contribution in [3.63, 3.8) is 0 Å². The van der Waals surface area contributed by atoms with Crippen LogP contribution >= 0.6 is 34.8 Å². The molecule has 11 heteroatoms. The molecule has 0 saturated heterocycles. The fourth-order valence-corrected chi connectivity index (χ4v) is 6.09. The first-order valence-electron chi connectivity index (χ1n) is 12.3. The van der Waals surface area contributed by atoms with E-state index in [0.717, 1.165) is 4.31 Å². The topological polar surface area (TPSA) is 86.8 Å². The Labute approximate surface area is 244 Å². The molecular formula is C28H30Cl3N3O4S. The van der Waals surface area contributed by atoms with E-state index in [1.165, 1.54) is 29.2 Å². The summed E-state index contributed by atoms with van der Waals surface area (Å²) >= 11 is 18.9. The van der Waals surface area contributed by atoms with Crippen molar-refractivity contribution in [2.24, 2.45) is 0 Å². The molecule has 2 amide bonds. The van der Waals surface area contributed by atoms with Gasteiger partial charge in [0.1, 0.15) is 12.6 Å². The molecule has 39 heavy (non-hydrogen) atoms. The number of carbonyl (C=O) groups excluding carboxylic acids is 2. The second-order valence-electron chi connectivity index (χ2n) is 9.11. The summed E-state index contributed by atoms with van der Waals surface area (Å²) in [4.78, 5) is 28.5. The normalized spacial score (nSPS) is 12.2. The number of sulfonamides is 1. The summed E-state index contributed by atoms with van der Waals surface area (Å²) < 4.78 is 28.5. The van der Waals surface area contributed by atoms with E-state index in [0.29, 0.717) is 20.6 Å². The maximum Gasteiger partial charge on any atom is 0.264 e. The van der Waals surface area contributed by atoms with Crippen molar-refractivity contribution in [1.29, 1.82) is 0 Å². The average molecular weight is 611 g/mol. The molecule has 0 radical (unpaired) electrons. The minimum absolute atomic E-state index is 0.0121. The summed E-state index contributed by atoms with van der Waals surface area (Å²) in [6, 6.07) is 17.8. The number of carbonyl (C=O) groups is 2. The van der Waals surface area contributed by atoms with Gasteiger partial charge in [0.15, 0.2) is 0 Å². The third-order valence-corrected chi connectivity index (χ3v) is 8.68. The van der Waals surface area contributed by atoms with Crippen molar-refractivity contribution in [1.82, 2.24) is 10.2 Å². The summed E-state index contributed by atoms with van der Waals surface area (Å²) in [5.74, 6) is -0.973. The Balaban J connectivity index is 2.09. The van der Waals surface area contributed by atoms with Gasteiger partial charge in [-0.3, -0.25) is 13.9 Å². The standard InChI is InChI=1S/C28H30Cl3N3O4S/c1-4-26(28(36)32-19(2)3)33(17-23-24(30)11-8-12-25(23)31)27(35)18-34(21-15-13-20(29)14-16-21)39(37,38)22-9-6-5-7-10-22/h5-16,19,26H,4,17-18H2,1-3H3,(H,32,36)/t26-/m1/s1. The number of nitrogens with zero attached hydrogens (tertiary/aromatic N) is 2. The lowest BCUT2D eigenvalue weighted by Crippen LogP contribution is -2.53. The van der Waals surface area contributed by atoms with E-state index in [9.17, 15) is 18.0 Å². The molecule has 0 bridgehead atoms. The zero-order valence-electron chi connectivity index (χ0n) is 21.8. The first kappa shape index (κ1) is 30.8. The number of anilines is 1. The molecular weight excluding hydrogens is 581 g/mol. The Hall–Kier alpha value is -2.78. The second-order valence-corrected chi connectivity index (χ2v) is 12.2. The van der Waals surface area contributed by atoms with E-state index in [1.54, 1.807) is 55.5 Å². The maximum absolute atomic E-state index is 14.0. The second kappa shape index (κ2) is 13.5. The Morgan fingerprint density at radius 3 is 2.00 bits per heavy atom.